The summed E-state index contributed by atoms with van der Waals surface area (Å²) in [6, 6.07) is 8.66. The van der Waals surface area contributed by atoms with Gasteiger partial charge in [0.1, 0.15) is 0 Å². The summed E-state index contributed by atoms with van der Waals surface area (Å²) in [4.78, 5) is 6.42. The zero-order valence-electron chi connectivity index (χ0n) is 7.54. The van der Waals surface area contributed by atoms with E-state index in [9.17, 15) is 0 Å². The Labute approximate surface area is 82.4 Å². The molecule has 0 aliphatic rings. The van der Waals surface area contributed by atoms with Crippen LogP contribution in [0.1, 0.15) is 0 Å². The van der Waals surface area contributed by atoms with E-state index in [2.05, 4.69) is 9.97 Å². The fourth-order valence-corrected chi connectivity index (χ4v) is 0.840. The Hall–Kier alpha value is -1.59. The molecular weight excluding hydrogens is 179 g/mol. The molecule has 0 saturated carbocycles. The molecule has 72 valence electrons. The van der Waals surface area contributed by atoms with Gasteiger partial charge in [0.2, 0.25) is 0 Å². The van der Waals surface area contributed by atoms with Gasteiger partial charge in [0.05, 0.1) is 6.33 Å². The molecule has 1 heterocycles. The van der Waals surface area contributed by atoms with E-state index >= 15 is 0 Å². The van der Waals surface area contributed by atoms with Gasteiger partial charge in [0, 0.05) is 12.4 Å². The number of benzene rings is 1. The van der Waals surface area contributed by atoms with Crippen molar-refractivity contribution in [1.82, 2.24) is 9.97 Å². The zero-order chi connectivity index (χ0) is 10.2. The first-order chi connectivity index (χ1) is 6.80. The van der Waals surface area contributed by atoms with Gasteiger partial charge in [-0.1, -0.05) is 30.3 Å². The van der Waals surface area contributed by atoms with E-state index in [-0.39, 0.29) is 0 Å². The molecule has 5 heteroatoms. The van der Waals surface area contributed by atoms with E-state index < -0.39 is 7.12 Å². The zero-order valence-corrected chi connectivity index (χ0v) is 7.54. The molecule has 0 amide bonds. The molecule has 0 aliphatic heterocycles. The standard InChI is InChI=1S/C6H7BO2.C3H4N2/c8-7(9)6-4-2-1-3-5-6;1-2-5-3-4-1/h1-5,8-9H;1-3H,(H,4,5). The van der Waals surface area contributed by atoms with Crippen molar-refractivity contribution in [3.05, 3.63) is 49.1 Å². The first-order valence-corrected chi connectivity index (χ1v) is 4.14. The van der Waals surface area contributed by atoms with Crippen LogP contribution in [0.2, 0.25) is 0 Å². The predicted molar refractivity (Wildman–Crippen MR) is 54.9 cm³/mol. The molecule has 0 saturated heterocycles. The van der Waals surface area contributed by atoms with Gasteiger partial charge in [0.25, 0.3) is 0 Å². The van der Waals surface area contributed by atoms with Gasteiger partial charge in [-0.15, -0.1) is 0 Å². The largest absolute Gasteiger partial charge is 0.488 e. The maximum Gasteiger partial charge on any atom is 0.488 e. The van der Waals surface area contributed by atoms with Crippen LogP contribution in [0.25, 0.3) is 0 Å². The van der Waals surface area contributed by atoms with Crippen LogP contribution in [0.5, 0.6) is 0 Å². The Morgan fingerprint density at radius 1 is 1.14 bits per heavy atom. The molecule has 0 bridgehead atoms. The quantitative estimate of drug-likeness (QED) is 0.544. The lowest BCUT2D eigenvalue weighted by atomic mass is 9.81. The molecule has 0 radical (unpaired) electrons. The second-order valence-electron chi connectivity index (χ2n) is 2.54. The van der Waals surface area contributed by atoms with Gasteiger partial charge in [-0.2, -0.15) is 0 Å². The second kappa shape index (κ2) is 5.96. The molecule has 2 aromatic rings. The molecule has 0 atom stereocenters. The lowest BCUT2D eigenvalue weighted by molar-refractivity contribution is 0.426. The highest BCUT2D eigenvalue weighted by molar-refractivity contribution is 6.58. The third kappa shape index (κ3) is 3.89. The van der Waals surface area contributed by atoms with Crippen molar-refractivity contribution in [1.29, 1.82) is 0 Å². The molecule has 4 nitrogen and oxygen atoms in total. The predicted octanol–water partition coefficient (Wildman–Crippen LogP) is -0.224. The maximum atomic E-state index is 8.58. The summed E-state index contributed by atoms with van der Waals surface area (Å²) in [5, 5.41) is 17.2. The van der Waals surface area contributed by atoms with Gasteiger partial charge in [0.15, 0.2) is 0 Å². The minimum absolute atomic E-state index is 0.525. The normalized spacial score (nSPS) is 8.71. The first kappa shape index (κ1) is 10.5. The van der Waals surface area contributed by atoms with Crippen LogP contribution in [-0.2, 0) is 0 Å². The van der Waals surface area contributed by atoms with Crippen molar-refractivity contribution in [3.63, 3.8) is 0 Å². The Balaban J connectivity index is 0.000000165. The van der Waals surface area contributed by atoms with Gasteiger partial charge in [-0.3, -0.25) is 0 Å². The molecule has 14 heavy (non-hydrogen) atoms. The Morgan fingerprint density at radius 3 is 2.14 bits per heavy atom. The topological polar surface area (TPSA) is 69.1 Å². The van der Waals surface area contributed by atoms with Gasteiger partial charge >= 0.3 is 7.12 Å². The minimum atomic E-state index is -1.34. The number of nitrogens with zero attached hydrogens (tertiary/aromatic N) is 1. The molecule has 3 N–H and O–H groups in total. The molecule has 1 aromatic carbocycles. The van der Waals surface area contributed by atoms with E-state index in [1.807, 2.05) is 6.07 Å². The summed E-state index contributed by atoms with van der Waals surface area (Å²) in [6.45, 7) is 0. The number of imidazole rings is 1. The van der Waals surface area contributed by atoms with E-state index in [0.29, 0.717) is 5.46 Å². The van der Waals surface area contributed by atoms with Crippen molar-refractivity contribution >= 4 is 12.6 Å². The molecule has 2 rings (SSSR count). The summed E-state index contributed by atoms with van der Waals surface area (Å²) in [5.74, 6) is 0. The van der Waals surface area contributed by atoms with Crippen LogP contribution >= 0.6 is 0 Å². The summed E-state index contributed by atoms with van der Waals surface area (Å²) in [7, 11) is -1.34. The van der Waals surface area contributed by atoms with Gasteiger partial charge in [-0.25, -0.2) is 4.98 Å². The van der Waals surface area contributed by atoms with E-state index in [4.69, 9.17) is 10.0 Å². The molecule has 0 unspecified atom stereocenters. The van der Waals surface area contributed by atoms with Crippen molar-refractivity contribution in [2.75, 3.05) is 0 Å². The molecule has 0 aliphatic carbocycles. The average molecular weight is 190 g/mol. The average Bonchev–Trinajstić information content (AvgIpc) is 2.77. The maximum absolute atomic E-state index is 8.58. The highest BCUT2D eigenvalue weighted by Gasteiger charge is 2.07. The van der Waals surface area contributed by atoms with Crippen LogP contribution in [0.4, 0.5) is 0 Å². The number of aromatic nitrogens is 2. The lowest BCUT2D eigenvalue weighted by Gasteiger charge is -1.94. The van der Waals surface area contributed by atoms with E-state index in [1.165, 1.54) is 0 Å². The highest BCUT2D eigenvalue weighted by Crippen LogP contribution is 1.82. The SMILES string of the molecule is OB(O)c1ccccc1.c1c[nH]cn1. The van der Waals surface area contributed by atoms with Crippen LogP contribution < -0.4 is 5.46 Å². The third-order valence-electron chi connectivity index (χ3n) is 1.50. The molecular formula is C9H11BN2O2. The smallest absolute Gasteiger partial charge is 0.423 e. The molecule has 1 aromatic heterocycles. The van der Waals surface area contributed by atoms with Crippen LogP contribution in [-0.4, -0.2) is 27.1 Å². The summed E-state index contributed by atoms with van der Waals surface area (Å²) < 4.78 is 0. The first-order valence-electron chi connectivity index (χ1n) is 4.14. The Bertz CT molecular complexity index is 307. The summed E-state index contributed by atoms with van der Waals surface area (Å²) in [6.07, 6.45) is 5.08. The van der Waals surface area contributed by atoms with Crippen molar-refractivity contribution in [2.24, 2.45) is 0 Å². The molecule has 0 spiro atoms. The number of H-pyrrole nitrogens is 1. The van der Waals surface area contributed by atoms with Crippen LogP contribution in [0, 0.1) is 0 Å². The van der Waals surface area contributed by atoms with E-state index in [1.54, 1.807) is 43.0 Å². The van der Waals surface area contributed by atoms with Crippen molar-refractivity contribution in [2.45, 2.75) is 0 Å². The van der Waals surface area contributed by atoms with Crippen LogP contribution in [0.15, 0.2) is 49.1 Å². The van der Waals surface area contributed by atoms with Gasteiger partial charge in [-0.05, 0) is 5.46 Å². The van der Waals surface area contributed by atoms with Crippen LogP contribution in [0.3, 0.4) is 0 Å². The number of aromatic amines is 1. The van der Waals surface area contributed by atoms with E-state index in [0.717, 1.165) is 0 Å². The Morgan fingerprint density at radius 2 is 1.86 bits per heavy atom. The number of hydrogen-bond donors (Lipinski definition) is 3. The minimum Gasteiger partial charge on any atom is -0.423 e. The van der Waals surface area contributed by atoms with Crippen molar-refractivity contribution < 1.29 is 10.0 Å². The van der Waals surface area contributed by atoms with Crippen molar-refractivity contribution in [3.8, 4) is 0 Å². The fourth-order valence-electron chi connectivity index (χ4n) is 0.840. The Kier molecular flexibility index (Phi) is 4.47. The highest BCUT2D eigenvalue weighted by atomic mass is 16.4. The second-order valence-corrected chi connectivity index (χ2v) is 2.54. The number of nitrogens with one attached hydrogen (secondary N) is 1. The lowest BCUT2D eigenvalue weighted by Crippen LogP contribution is -2.29. The summed E-state index contributed by atoms with van der Waals surface area (Å²) >= 11 is 0. The number of rotatable bonds is 1. The number of hydrogen-bond acceptors (Lipinski definition) is 3. The van der Waals surface area contributed by atoms with Gasteiger partial charge < -0.3 is 15.0 Å². The monoisotopic (exact) mass is 190 g/mol. The molecule has 0 fully saturated rings. The third-order valence-corrected chi connectivity index (χ3v) is 1.50. The fraction of sp³-hybridized carbons (Fsp3) is 0. The summed E-state index contributed by atoms with van der Waals surface area (Å²) in [5.41, 5.74) is 0.525.